The number of quaternary nitrogens is 1. The summed E-state index contributed by atoms with van der Waals surface area (Å²) in [5, 5.41) is 1.90. The molecule has 0 spiro atoms. The van der Waals surface area contributed by atoms with Crippen LogP contribution < -0.4 is 5.32 Å². The molecule has 0 aromatic carbocycles. The third kappa shape index (κ3) is 3.25. The van der Waals surface area contributed by atoms with Crippen molar-refractivity contribution in [2.24, 2.45) is 5.41 Å². The highest BCUT2D eigenvalue weighted by molar-refractivity contribution is 5.84. The van der Waals surface area contributed by atoms with Gasteiger partial charge < -0.3 is 5.32 Å². The monoisotopic (exact) mass is 130 g/mol. The molecule has 0 heterocycles. The lowest BCUT2D eigenvalue weighted by molar-refractivity contribution is -0.615. The molecular formula is C7H16NO+. The van der Waals surface area contributed by atoms with Crippen LogP contribution in [0.5, 0.6) is 0 Å². The summed E-state index contributed by atoms with van der Waals surface area (Å²) in [7, 11) is 1.91. The first-order chi connectivity index (χ1) is 3.98. The van der Waals surface area contributed by atoms with Crippen LogP contribution in [-0.4, -0.2) is 19.4 Å². The van der Waals surface area contributed by atoms with Gasteiger partial charge in [-0.05, 0) is 0 Å². The van der Waals surface area contributed by atoms with E-state index in [1.807, 2.05) is 33.1 Å². The maximum atomic E-state index is 11.0. The Balaban J connectivity index is 3.74. The van der Waals surface area contributed by atoms with Crippen molar-refractivity contribution in [1.29, 1.82) is 0 Å². The van der Waals surface area contributed by atoms with E-state index in [9.17, 15) is 4.79 Å². The molecule has 0 unspecified atom stereocenters. The van der Waals surface area contributed by atoms with Gasteiger partial charge in [0, 0.05) is 5.41 Å². The van der Waals surface area contributed by atoms with Gasteiger partial charge in [-0.1, -0.05) is 20.8 Å². The highest BCUT2D eigenvalue weighted by Gasteiger charge is 2.21. The predicted molar refractivity (Wildman–Crippen MR) is 37.2 cm³/mol. The van der Waals surface area contributed by atoms with Gasteiger partial charge in [-0.2, -0.15) is 0 Å². The zero-order chi connectivity index (χ0) is 7.49. The van der Waals surface area contributed by atoms with E-state index in [-0.39, 0.29) is 5.41 Å². The van der Waals surface area contributed by atoms with E-state index in [0.29, 0.717) is 12.3 Å². The smallest absolute Gasteiger partial charge is 0.191 e. The molecule has 0 saturated heterocycles. The van der Waals surface area contributed by atoms with Crippen molar-refractivity contribution in [1.82, 2.24) is 0 Å². The summed E-state index contributed by atoms with van der Waals surface area (Å²) in [5.74, 6) is 0.310. The van der Waals surface area contributed by atoms with Gasteiger partial charge in [0.2, 0.25) is 0 Å². The first kappa shape index (κ1) is 8.63. The molecule has 0 atom stereocenters. The van der Waals surface area contributed by atoms with E-state index in [2.05, 4.69) is 0 Å². The van der Waals surface area contributed by atoms with Crippen LogP contribution in [-0.2, 0) is 4.79 Å². The second-order valence-electron chi connectivity index (χ2n) is 3.29. The molecule has 2 N–H and O–H groups in total. The lowest BCUT2D eigenvalue weighted by Crippen LogP contribution is -2.82. The third-order valence-corrected chi connectivity index (χ3v) is 1.23. The van der Waals surface area contributed by atoms with Crippen LogP contribution in [0.25, 0.3) is 0 Å². The summed E-state index contributed by atoms with van der Waals surface area (Å²) in [5.41, 5.74) is -0.160. The van der Waals surface area contributed by atoms with E-state index in [0.717, 1.165) is 0 Å². The summed E-state index contributed by atoms with van der Waals surface area (Å²) >= 11 is 0. The number of hydrogen-bond acceptors (Lipinski definition) is 1. The number of ketones is 1. The molecule has 0 rings (SSSR count). The van der Waals surface area contributed by atoms with Crippen molar-refractivity contribution in [3.05, 3.63) is 0 Å². The van der Waals surface area contributed by atoms with Crippen LogP contribution in [0.1, 0.15) is 20.8 Å². The fourth-order valence-electron chi connectivity index (χ4n) is 0.492. The molecule has 0 bridgehead atoms. The molecule has 0 aliphatic heterocycles. The Hall–Kier alpha value is -0.370. The van der Waals surface area contributed by atoms with E-state index in [4.69, 9.17) is 0 Å². The topological polar surface area (TPSA) is 33.7 Å². The van der Waals surface area contributed by atoms with Crippen LogP contribution >= 0.6 is 0 Å². The van der Waals surface area contributed by atoms with Gasteiger partial charge in [-0.25, -0.2) is 0 Å². The first-order valence-electron chi connectivity index (χ1n) is 3.29. The maximum Gasteiger partial charge on any atom is 0.191 e. The summed E-state index contributed by atoms with van der Waals surface area (Å²) in [6.07, 6.45) is 0. The Morgan fingerprint density at radius 2 is 1.89 bits per heavy atom. The molecule has 0 aromatic heterocycles. The number of likely N-dealkylation sites (N-methyl/N-ethyl adjacent to an activating group) is 1. The zero-order valence-corrected chi connectivity index (χ0v) is 6.69. The number of rotatable bonds is 2. The van der Waals surface area contributed by atoms with Crippen molar-refractivity contribution < 1.29 is 10.1 Å². The molecule has 0 aliphatic carbocycles. The highest BCUT2D eigenvalue weighted by Crippen LogP contribution is 2.12. The predicted octanol–water partition coefficient (Wildman–Crippen LogP) is -0.205. The molecule has 54 valence electrons. The van der Waals surface area contributed by atoms with Crippen LogP contribution in [0.2, 0.25) is 0 Å². The van der Waals surface area contributed by atoms with E-state index in [1.54, 1.807) is 0 Å². The van der Waals surface area contributed by atoms with Crippen LogP contribution in [0.15, 0.2) is 0 Å². The second-order valence-corrected chi connectivity index (χ2v) is 3.29. The Labute approximate surface area is 56.6 Å². The average molecular weight is 130 g/mol. The fraction of sp³-hybridized carbons (Fsp3) is 0.857. The first-order valence-corrected chi connectivity index (χ1v) is 3.29. The van der Waals surface area contributed by atoms with Crippen molar-refractivity contribution in [2.45, 2.75) is 20.8 Å². The lowest BCUT2D eigenvalue weighted by atomic mass is 9.91. The molecule has 0 aliphatic rings. The summed E-state index contributed by atoms with van der Waals surface area (Å²) < 4.78 is 0. The van der Waals surface area contributed by atoms with Gasteiger partial charge in [0.05, 0.1) is 7.05 Å². The highest BCUT2D eigenvalue weighted by atomic mass is 16.1. The fourth-order valence-corrected chi connectivity index (χ4v) is 0.492. The van der Waals surface area contributed by atoms with Gasteiger partial charge >= 0.3 is 0 Å². The van der Waals surface area contributed by atoms with Crippen LogP contribution in [0.4, 0.5) is 0 Å². The minimum Gasteiger partial charge on any atom is -0.342 e. The van der Waals surface area contributed by atoms with Crippen molar-refractivity contribution >= 4 is 5.78 Å². The molecule has 0 amide bonds. The van der Waals surface area contributed by atoms with Gasteiger partial charge in [0.15, 0.2) is 5.78 Å². The number of carbonyl (C=O) groups is 1. The SMILES string of the molecule is C[NH2+]CC(=O)C(C)(C)C. The Kier molecular flexibility index (Phi) is 2.85. The van der Waals surface area contributed by atoms with Gasteiger partial charge in [0.1, 0.15) is 6.54 Å². The van der Waals surface area contributed by atoms with Crippen molar-refractivity contribution in [2.75, 3.05) is 13.6 Å². The molecule has 9 heavy (non-hydrogen) atoms. The summed E-state index contributed by atoms with van der Waals surface area (Å²) in [4.78, 5) is 11.0. The Morgan fingerprint density at radius 3 is 2.00 bits per heavy atom. The van der Waals surface area contributed by atoms with Crippen molar-refractivity contribution in [3.8, 4) is 0 Å². The zero-order valence-electron chi connectivity index (χ0n) is 6.69. The van der Waals surface area contributed by atoms with Gasteiger partial charge in [-0.15, -0.1) is 0 Å². The minimum absolute atomic E-state index is 0.160. The van der Waals surface area contributed by atoms with Gasteiger partial charge in [0.25, 0.3) is 0 Å². The summed E-state index contributed by atoms with van der Waals surface area (Å²) in [6, 6.07) is 0. The Morgan fingerprint density at radius 1 is 1.44 bits per heavy atom. The second kappa shape index (κ2) is 2.97. The molecule has 0 saturated carbocycles. The normalized spacial score (nSPS) is 11.6. The van der Waals surface area contributed by atoms with Crippen LogP contribution in [0, 0.1) is 5.41 Å². The average Bonchev–Trinajstić information content (AvgIpc) is 1.64. The third-order valence-electron chi connectivity index (χ3n) is 1.23. The van der Waals surface area contributed by atoms with E-state index in [1.165, 1.54) is 0 Å². The number of Topliss-reactive ketones (excluding diaryl/α,β-unsaturated/α-hetero) is 1. The molecule has 0 radical (unpaired) electrons. The summed E-state index contributed by atoms with van der Waals surface area (Å²) in [6.45, 7) is 6.43. The lowest BCUT2D eigenvalue weighted by Gasteiger charge is -2.13. The number of carbonyl (C=O) groups excluding carboxylic acids is 1. The quantitative estimate of drug-likeness (QED) is 0.551. The van der Waals surface area contributed by atoms with E-state index < -0.39 is 0 Å². The molecule has 2 heteroatoms. The molecule has 2 nitrogen and oxygen atoms in total. The molecular weight excluding hydrogens is 114 g/mol. The maximum absolute atomic E-state index is 11.0. The number of nitrogens with two attached hydrogens (primary N) is 1. The number of hydrogen-bond donors (Lipinski definition) is 1. The van der Waals surface area contributed by atoms with Crippen molar-refractivity contribution in [3.63, 3.8) is 0 Å². The molecule has 0 fully saturated rings. The standard InChI is InChI=1S/C7H15NO/c1-7(2,3)6(9)5-8-4/h8H,5H2,1-4H3/p+1. The molecule has 0 aromatic rings. The van der Waals surface area contributed by atoms with Crippen LogP contribution in [0.3, 0.4) is 0 Å². The largest absolute Gasteiger partial charge is 0.342 e. The van der Waals surface area contributed by atoms with Gasteiger partial charge in [-0.3, -0.25) is 4.79 Å². The van der Waals surface area contributed by atoms with E-state index >= 15 is 0 Å². The minimum atomic E-state index is -0.160. The Bertz CT molecular complexity index is 102.